The Kier molecular flexibility index (Phi) is 4.67. The Morgan fingerprint density at radius 2 is 1.60 bits per heavy atom. The molecule has 0 radical (unpaired) electrons. The van der Waals surface area contributed by atoms with Gasteiger partial charge in [0.2, 0.25) is 0 Å². The van der Waals surface area contributed by atoms with Gasteiger partial charge in [0.05, 0.1) is 0 Å². The zero-order chi connectivity index (χ0) is 11.4. The summed E-state index contributed by atoms with van der Waals surface area (Å²) in [6.45, 7) is 9.83. The van der Waals surface area contributed by atoms with Crippen molar-refractivity contribution in [2.75, 3.05) is 0 Å². The molecule has 0 unspecified atom stereocenters. The number of hydrogen-bond donors (Lipinski definition) is 0. The highest BCUT2D eigenvalue weighted by molar-refractivity contribution is 4.92. The van der Waals surface area contributed by atoms with Crippen molar-refractivity contribution in [1.29, 1.82) is 0 Å². The zero-order valence-electron chi connectivity index (χ0n) is 11.4. The van der Waals surface area contributed by atoms with Crippen LogP contribution in [0.3, 0.4) is 0 Å². The highest BCUT2D eigenvalue weighted by Crippen LogP contribution is 2.53. The molecule has 1 aliphatic carbocycles. The van der Waals surface area contributed by atoms with Crippen molar-refractivity contribution in [3.63, 3.8) is 0 Å². The van der Waals surface area contributed by atoms with Crippen LogP contribution in [0.2, 0.25) is 0 Å². The van der Waals surface area contributed by atoms with E-state index in [0.717, 1.165) is 0 Å². The molecule has 0 aliphatic heterocycles. The summed E-state index contributed by atoms with van der Waals surface area (Å²) in [5, 5.41) is 0. The van der Waals surface area contributed by atoms with Crippen LogP contribution in [-0.4, -0.2) is 0 Å². The van der Waals surface area contributed by atoms with E-state index in [9.17, 15) is 0 Å². The van der Waals surface area contributed by atoms with Crippen molar-refractivity contribution in [2.24, 2.45) is 10.8 Å². The van der Waals surface area contributed by atoms with Gasteiger partial charge in [-0.1, -0.05) is 66.2 Å². The highest BCUT2D eigenvalue weighted by atomic mass is 14.5. The third-order valence-corrected chi connectivity index (χ3v) is 5.00. The molecular weight excluding hydrogens is 180 g/mol. The summed E-state index contributed by atoms with van der Waals surface area (Å²) >= 11 is 0. The topological polar surface area (TPSA) is 0 Å². The highest BCUT2D eigenvalue weighted by Gasteiger charge is 2.41. The van der Waals surface area contributed by atoms with E-state index in [1.54, 1.807) is 0 Å². The second kappa shape index (κ2) is 5.37. The van der Waals surface area contributed by atoms with Crippen LogP contribution in [0.25, 0.3) is 0 Å². The van der Waals surface area contributed by atoms with Crippen LogP contribution in [0.5, 0.6) is 0 Å². The average Bonchev–Trinajstić information content (AvgIpc) is 2.62. The fourth-order valence-electron chi connectivity index (χ4n) is 3.13. The van der Waals surface area contributed by atoms with E-state index in [-0.39, 0.29) is 0 Å². The summed E-state index contributed by atoms with van der Waals surface area (Å²) in [7, 11) is 0. The maximum absolute atomic E-state index is 2.53. The molecule has 0 aromatic heterocycles. The molecule has 0 bridgehead atoms. The maximum atomic E-state index is 2.53. The van der Waals surface area contributed by atoms with Crippen LogP contribution in [0.1, 0.15) is 85.5 Å². The van der Waals surface area contributed by atoms with Crippen molar-refractivity contribution in [3.05, 3.63) is 0 Å². The van der Waals surface area contributed by atoms with E-state index in [1.807, 2.05) is 0 Å². The molecule has 0 spiro atoms. The maximum Gasteiger partial charge on any atom is -0.0275 e. The minimum Gasteiger partial charge on any atom is -0.0654 e. The smallest absolute Gasteiger partial charge is 0.0275 e. The van der Waals surface area contributed by atoms with Gasteiger partial charge in [0, 0.05) is 0 Å². The SMILES string of the molecule is CCCCCCC(C)(C)C1(C)CCCC1. The Morgan fingerprint density at radius 3 is 2.13 bits per heavy atom. The molecule has 1 aliphatic rings. The van der Waals surface area contributed by atoms with E-state index < -0.39 is 0 Å². The van der Waals surface area contributed by atoms with Crippen molar-refractivity contribution in [2.45, 2.75) is 85.5 Å². The molecular formula is C15H30. The van der Waals surface area contributed by atoms with E-state index in [0.29, 0.717) is 10.8 Å². The lowest BCUT2D eigenvalue weighted by molar-refractivity contribution is 0.0819. The quantitative estimate of drug-likeness (QED) is 0.503. The van der Waals surface area contributed by atoms with Gasteiger partial charge in [-0.15, -0.1) is 0 Å². The Bertz CT molecular complexity index is 172. The van der Waals surface area contributed by atoms with Gasteiger partial charge in [0.25, 0.3) is 0 Å². The van der Waals surface area contributed by atoms with Crippen molar-refractivity contribution >= 4 is 0 Å². The predicted molar refractivity (Wildman–Crippen MR) is 69.1 cm³/mol. The monoisotopic (exact) mass is 210 g/mol. The van der Waals surface area contributed by atoms with Gasteiger partial charge in [-0.3, -0.25) is 0 Å². The molecule has 0 amide bonds. The largest absolute Gasteiger partial charge is 0.0654 e. The predicted octanol–water partition coefficient (Wildman–Crippen LogP) is 5.56. The van der Waals surface area contributed by atoms with Gasteiger partial charge >= 0.3 is 0 Å². The molecule has 0 saturated heterocycles. The van der Waals surface area contributed by atoms with Gasteiger partial charge in [0.1, 0.15) is 0 Å². The summed E-state index contributed by atoms with van der Waals surface area (Å²) in [6.07, 6.45) is 13.0. The Hall–Kier alpha value is 0. The average molecular weight is 210 g/mol. The zero-order valence-corrected chi connectivity index (χ0v) is 11.4. The van der Waals surface area contributed by atoms with E-state index in [2.05, 4.69) is 27.7 Å². The molecule has 1 rings (SSSR count). The first kappa shape index (κ1) is 13.1. The summed E-state index contributed by atoms with van der Waals surface area (Å²) in [5.41, 5.74) is 1.20. The second-order valence-electron chi connectivity index (χ2n) is 6.46. The number of rotatable bonds is 6. The lowest BCUT2D eigenvalue weighted by atomic mass is 9.63. The van der Waals surface area contributed by atoms with E-state index in [4.69, 9.17) is 0 Å². The Balaban J connectivity index is 2.36. The van der Waals surface area contributed by atoms with Gasteiger partial charge in [-0.05, 0) is 30.1 Å². The first-order valence-electron chi connectivity index (χ1n) is 7.02. The molecule has 0 aromatic rings. The number of hydrogen-bond acceptors (Lipinski definition) is 0. The Labute approximate surface area is 96.8 Å². The van der Waals surface area contributed by atoms with Crippen molar-refractivity contribution < 1.29 is 0 Å². The van der Waals surface area contributed by atoms with Crippen LogP contribution in [-0.2, 0) is 0 Å². The van der Waals surface area contributed by atoms with E-state index in [1.165, 1.54) is 57.8 Å². The van der Waals surface area contributed by atoms with Crippen LogP contribution in [0.15, 0.2) is 0 Å². The molecule has 0 heteroatoms. The minimum absolute atomic E-state index is 0.567. The summed E-state index contributed by atoms with van der Waals surface area (Å²) in [4.78, 5) is 0. The van der Waals surface area contributed by atoms with Gasteiger partial charge < -0.3 is 0 Å². The number of unbranched alkanes of at least 4 members (excludes halogenated alkanes) is 3. The summed E-state index contributed by atoms with van der Waals surface area (Å²) < 4.78 is 0. The van der Waals surface area contributed by atoms with Gasteiger partial charge in [-0.2, -0.15) is 0 Å². The van der Waals surface area contributed by atoms with Gasteiger partial charge in [-0.25, -0.2) is 0 Å². The molecule has 0 atom stereocenters. The third kappa shape index (κ3) is 3.23. The molecule has 0 N–H and O–H groups in total. The van der Waals surface area contributed by atoms with Crippen molar-refractivity contribution in [1.82, 2.24) is 0 Å². The van der Waals surface area contributed by atoms with Crippen LogP contribution >= 0.6 is 0 Å². The van der Waals surface area contributed by atoms with Crippen molar-refractivity contribution in [3.8, 4) is 0 Å². The lowest BCUT2D eigenvalue weighted by Gasteiger charge is -2.42. The molecule has 0 aromatic carbocycles. The third-order valence-electron chi connectivity index (χ3n) is 5.00. The van der Waals surface area contributed by atoms with Gasteiger partial charge in [0.15, 0.2) is 0 Å². The fourth-order valence-corrected chi connectivity index (χ4v) is 3.13. The molecule has 0 heterocycles. The molecule has 1 fully saturated rings. The normalized spacial score (nSPS) is 20.8. The molecule has 15 heavy (non-hydrogen) atoms. The first-order valence-corrected chi connectivity index (χ1v) is 7.02. The lowest BCUT2D eigenvalue weighted by Crippen LogP contribution is -2.32. The molecule has 1 saturated carbocycles. The van der Waals surface area contributed by atoms with Crippen LogP contribution < -0.4 is 0 Å². The second-order valence-corrected chi connectivity index (χ2v) is 6.46. The minimum atomic E-state index is 0.567. The Morgan fingerprint density at radius 1 is 1.00 bits per heavy atom. The standard InChI is InChI=1S/C15H30/c1-5-6-7-8-11-14(2,3)15(4)12-9-10-13-15/h5-13H2,1-4H3. The molecule has 90 valence electrons. The fraction of sp³-hybridized carbons (Fsp3) is 1.00. The summed E-state index contributed by atoms with van der Waals surface area (Å²) in [5.74, 6) is 0. The van der Waals surface area contributed by atoms with E-state index >= 15 is 0 Å². The first-order chi connectivity index (χ1) is 7.02. The molecule has 0 nitrogen and oxygen atoms in total. The van der Waals surface area contributed by atoms with Crippen LogP contribution in [0, 0.1) is 10.8 Å². The van der Waals surface area contributed by atoms with Crippen LogP contribution in [0.4, 0.5) is 0 Å². The summed E-state index contributed by atoms with van der Waals surface area (Å²) in [6, 6.07) is 0.